The Hall–Kier alpha value is -2.83. The number of nitrogens with one attached hydrogen (secondary N) is 1. The molecular weight excluding hydrogens is 232 g/mol. The lowest BCUT2D eigenvalue weighted by Gasteiger charge is -1.92. The Balaban J connectivity index is 2.10. The molecule has 2 aromatic heterocycles. The quantitative estimate of drug-likeness (QED) is 0.565. The summed E-state index contributed by atoms with van der Waals surface area (Å²) in [5.74, 6) is -0.0234. The van der Waals surface area contributed by atoms with Crippen LogP contribution in [0.1, 0.15) is 10.4 Å². The van der Waals surface area contributed by atoms with Gasteiger partial charge in [0.15, 0.2) is 0 Å². The molecule has 1 amide bonds. The number of amides is 1. The van der Waals surface area contributed by atoms with Crippen LogP contribution < -0.4 is 11.5 Å². The standard InChI is InChI=1S/C11H10N6O/c12-7-1-2-8-9(3-7)16-11(15-8)17-5-6(4-14-17)10(13)18/h1-5H,12H2,(H2,13,18)(H,15,16). The molecule has 3 rings (SSSR count). The number of nitrogens with two attached hydrogens (primary N) is 2. The molecule has 3 aromatic rings. The van der Waals surface area contributed by atoms with E-state index in [2.05, 4.69) is 15.1 Å². The lowest BCUT2D eigenvalue weighted by molar-refractivity contribution is 0.100. The zero-order chi connectivity index (χ0) is 12.7. The number of aromatic nitrogens is 4. The van der Waals surface area contributed by atoms with Crippen LogP contribution in [-0.4, -0.2) is 25.7 Å². The summed E-state index contributed by atoms with van der Waals surface area (Å²) in [5.41, 5.74) is 13.4. The van der Waals surface area contributed by atoms with E-state index in [0.717, 1.165) is 11.0 Å². The average molecular weight is 242 g/mol. The van der Waals surface area contributed by atoms with Crippen molar-refractivity contribution >= 4 is 22.6 Å². The number of nitrogen functional groups attached to an aromatic ring is 1. The van der Waals surface area contributed by atoms with E-state index < -0.39 is 5.91 Å². The van der Waals surface area contributed by atoms with Gasteiger partial charge in [0.05, 0.1) is 22.8 Å². The Morgan fingerprint density at radius 3 is 2.94 bits per heavy atom. The van der Waals surface area contributed by atoms with Crippen LogP contribution in [0, 0.1) is 0 Å². The molecule has 18 heavy (non-hydrogen) atoms. The highest BCUT2D eigenvalue weighted by Gasteiger charge is 2.09. The minimum atomic E-state index is -0.526. The van der Waals surface area contributed by atoms with Crippen molar-refractivity contribution in [2.45, 2.75) is 0 Å². The maximum atomic E-state index is 11.0. The maximum Gasteiger partial charge on any atom is 0.251 e. The molecule has 0 aliphatic rings. The first-order valence-electron chi connectivity index (χ1n) is 5.23. The molecule has 0 atom stereocenters. The zero-order valence-electron chi connectivity index (χ0n) is 9.29. The van der Waals surface area contributed by atoms with Crippen LogP contribution in [0.2, 0.25) is 0 Å². The van der Waals surface area contributed by atoms with Crippen molar-refractivity contribution in [3.63, 3.8) is 0 Å². The predicted molar refractivity (Wildman–Crippen MR) is 66.1 cm³/mol. The van der Waals surface area contributed by atoms with Crippen molar-refractivity contribution in [2.75, 3.05) is 5.73 Å². The molecule has 90 valence electrons. The lowest BCUT2D eigenvalue weighted by atomic mass is 10.3. The first kappa shape index (κ1) is 10.3. The second-order valence-electron chi connectivity index (χ2n) is 3.87. The summed E-state index contributed by atoms with van der Waals surface area (Å²) in [6, 6.07) is 5.36. The highest BCUT2D eigenvalue weighted by atomic mass is 16.1. The molecule has 1 aromatic carbocycles. The number of fused-ring (bicyclic) bond motifs is 1. The Morgan fingerprint density at radius 1 is 1.39 bits per heavy atom. The van der Waals surface area contributed by atoms with Gasteiger partial charge >= 0.3 is 0 Å². The molecule has 0 unspecified atom stereocenters. The normalized spacial score (nSPS) is 10.9. The van der Waals surface area contributed by atoms with Gasteiger partial charge in [-0.15, -0.1) is 0 Å². The number of benzene rings is 1. The zero-order valence-corrected chi connectivity index (χ0v) is 9.29. The first-order chi connectivity index (χ1) is 8.63. The van der Waals surface area contributed by atoms with E-state index in [1.165, 1.54) is 17.1 Å². The first-order valence-corrected chi connectivity index (χ1v) is 5.23. The second kappa shape index (κ2) is 3.59. The van der Waals surface area contributed by atoms with Crippen LogP contribution in [0.4, 0.5) is 5.69 Å². The van der Waals surface area contributed by atoms with Crippen molar-refractivity contribution in [1.29, 1.82) is 0 Å². The Kier molecular flexibility index (Phi) is 2.06. The number of primary amides is 1. The van der Waals surface area contributed by atoms with Crippen molar-refractivity contribution in [3.05, 3.63) is 36.2 Å². The number of hydrogen-bond acceptors (Lipinski definition) is 4. The summed E-state index contributed by atoms with van der Waals surface area (Å²) in [5, 5.41) is 4.02. The van der Waals surface area contributed by atoms with Gasteiger partial charge in [-0.25, -0.2) is 9.67 Å². The van der Waals surface area contributed by atoms with Gasteiger partial charge < -0.3 is 16.5 Å². The van der Waals surface area contributed by atoms with Gasteiger partial charge in [0.2, 0.25) is 5.95 Å². The number of carbonyl (C=O) groups is 1. The molecule has 2 heterocycles. The van der Waals surface area contributed by atoms with Crippen LogP contribution >= 0.6 is 0 Å². The topological polar surface area (TPSA) is 116 Å². The number of carbonyl (C=O) groups excluding carboxylic acids is 1. The van der Waals surface area contributed by atoms with Crippen LogP contribution in [0.25, 0.3) is 17.0 Å². The third kappa shape index (κ3) is 1.58. The lowest BCUT2D eigenvalue weighted by Crippen LogP contribution is -2.09. The smallest absolute Gasteiger partial charge is 0.251 e. The van der Waals surface area contributed by atoms with Gasteiger partial charge in [-0.05, 0) is 18.2 Å². The number of rotatable bonds is 2. The summed E-state index contributed by atoms with van der Waals surface area (Å²) in [4.78, 5) is 18.4. The predicted octanol–water partition coefficient (Wildman–Crippen LogP) is 0.430. The largest absolute Gasteiger partial charge is 0.399 e. The molecule has 0 aliphatic carbocycles. The van der Waals surface area contributed by atoms with Crippen molar-refractivity contribution in [1.82, 2.24) is 19.7 Å². The van der Waals surface area contributed by atoms with Crippen LogP contribution in [0.3, 0.4) is 0 Å². The number of H-pyrrole nitrogens is 1. The molecule has 0 fully saturated rings. The van der Waals surface area contributed by atoms with Crippen molar-refractivity contribution in [2.24, 2.45) is 5.73 Å². The molecule has 0 saturated heterocycles. The third-order valence-corrected chi connectivity index (χ3v) is 2.58. The summed E-state index contributed by atoms with van der Waals surface area (Å²) in [7, 11) is 0. The van der Waals surface area contributed by atoms with Gasteiger partial charge in [-0.2, -0.15) is 5.10 Å². The van der Waals surface area contributed by atoms with E-state index in [0.29, 0.717) is 17.2 Å². The minimum Gasteiger partial charge on any atom is -0.399 e. The van der Waals surface area contributed by atoms with Gasteiger partial charge in [0.1, 0.15) is 0 Å². The fourth-order valence-corrected chi connectivity index (χ4v) is 1.69. The maximum absolute atomic E-state index is 11.0. The molecule has 0 spiro atoms. The molecule has 0 saturated carbocycles. The highest BCUT2D eigenvalue weighted by molar-refractivity contribution is 5.92. The molecule has 5 N–H and O–H groups in total. The fourth-order valence-electron chi connectivity index (χ4n) is 1.69. The number of nitrogens with zero attached hydrogens (tertiary/aromatic N) is 3. The van der Waals surface area contributed by atoms with Crippen LogP contribution in [-0.2, 0) is 0 Å². The summed E-state index contributed by atoms with van der Waals surface area (Å²) < 4.78 is 1.45. The second-order valence-corrected chi connectivity index (χ2v) is 3.87. The van der Waals surface area contributed by atoms with E-state index in [4.69, 9.17) is 11.5 Å². The SMILES string of the molecule is NC(=O)c1cnn(-c2nc3ccc(N)cc3[nH]2)c1. The molecular formula is C11H10N6O. The number of imidazole rings is 1. The van der Waals surface area contributed by atoms with E-state index in [9.17, 15) is 4.79 Å². The van der Waals surface area contributed by atoms with E-state index in [-0.39, 0.29) is 0 Å². The minimum absolute atomic E-state index is 0.329. The van der Waals surface area contributed by atoms with Crippen LogP contribution in [0.5, 0.6) is 0 Å². The van der Waals surface area contributed by atoms with E-state index in [1.807, 2.05) is 6.07 Å². The van der Waals surface area contributed by atoms with Crippen molar-refractivity contribution in [3.8, 4) is 5.95 Å². The molecule has 7 heteroatoms. The van der Waals surface area contributed by atoms with Crippen molar-refractivity contribution < 1.29 is 4.79 Å². The fraction of sp³-hybridized carbons (Fsp3) is 0. The highest BCUT2D eigenvalue weighted by Crippen LogP contribution is 2.16. The Bertz CT molecular complexity index is 741. The number of hydrogen-bond donors (Lipinski definition) is 3. The van der Waals surface area contributed by atoms with Gasteiger partial charge in [0.25, 0.3) is 5.91 Å². The summed E-state index contributed by atoms with van der Waals surface area (Å²) in [6.45, 7) is 0. The Morgan fingerprint density at radius 2 is 2.22 bits per heavy atom. The monoisotopic (exact) mass is 242 g/mol. The van der Waals surface area contributed by atoms with Gasteiger partial charge in [-0.1, -0.05) is 0 Å². The van der Waals surface area contributed by atoms with Gasteiger partial charge in [0, 0.05) is 11.9 Å². The molecule has 7 nitrogen and oxygen atoms in total. The van der Waals surface area contributed by atoms with E-state index >= 15 is 0 Å². The summed E-state index contributed by atoms with van der Waals surface area (Å²) in [6.07, 6.45) is 2.91. The number of anilines is 1. The summed E-state index contributed by atoms with van der Waals surface area (Å²) >= 11 is 0. The van der Waals surface area contributed by atoms with Gasteiger partial charge in [-0.3, -0.25) is 4.79 Å². The van der Waals surface area contributed by atoms with Crippen LogP contribution in [0.15, 0.2) is 30.6 Å². The van der Waals surface area contributed by atoms with E-state index in [1.54, 1.807) is 12.1 Å². The Labute approximate surface area is 101 Å². The molecule has 0 bridgehead atoms. The molecule has 0 radical (unpaired) electrons. The number of aromatic amines is 1. The third-order valence-electron chi connectivity index (χ3n) is 2.58. The molecule has 0 aliphatic heterocycles. The average Bonchev–Trinajstić information content (AvgIpc) is 2.93.